The molecule has 0 unspecified atom stereocenters. The van der Waals surface area contributed by atoms with Crippen LogP contribution in [0, 0.1) is 0 Å². The number of ether oxygens (including phenoxy) is 1. The number of nitrogens with one attached hydrogen (secondary N) is 1. The zero-order chi connectivity index (χ0) is 20.3. The van der Waals surface area contributed by atoms with Gasteiger partial charge in [-0.05, 0) is 26.7 Å². The van der Waals surface area contributed by atoms with Gasteiger partial charge in [0.25, 0.3) is 5.91 Å². The van der Waals surface area contributed by atoms with E-state index in [0.717, 1.165) is 36.6 Å². The van der Waals surface area contributed by atoms with Crippen LogP contribution >= 0.6 is 0 Å². The first-order valence-corrected chi connectivity index (χ1v) is 10.7. The zero-order valence-corrected chi connectivity index (χ0v) is 17.7. The van der Waals surface area contributed by atoms with Crippen molar-refractivity contribution < 1.29 is 9.53 Å². The summed E-state index contributed by atoms with van der Waals surface area (Å²) in [5, 5.41) is 12.3. The minimum absolute atomic E-state index is 0.0353. The molecule has 0 aromatic carbocycles. The van der Waals surface area contributed by atoms with Gasteiger partial charge in [-0.1, -0.05) is 6.92 Å². The highest BCUT2D eigenvalue weighted by atomic mass is 16.5. The van der Waals surface area contributed by atoms with Crippen molar-refractivity contribution >= 4 is 11.7 Å². The van der Waals surface area contributed by atoms with E-state index in [2.05, 4.69) is 40.1 Å². The van der Waals surface area contributed by atoms with Crippen LogP contribution in [-0.4, -0.2) is 63.1 Å². The summed E-state index contributed by atoms with van der Waals surface area (Å²) in [6, 6.07) is 2.18. The molecule has 0 radical (unpaired) electrons. The Balaban J connectivity index is 1.29. The van der Waals surface area contributed by atoms with Crippen molar-refractivity contribution in [2.45, 2.75) is 57.7 Å². The molecule has 2 aliphatic heterocycles. The number of hydrogen-bond donors (Lipinski definition) is 1. The van der Waals surface area contributed by atoms with Crippen LogP contribution in [0.5, 0.6) is 0 Å². The monoisotopic (exact) mass is 398 g/mol. The number of carbonyl (C=O) groups excluding carboxylic acids is 1. The molecular formula is C21H30N6O2. The third-order valence-corrected chi connectivity index (χ3v) is 6.81. The Morgan fingerprint density at radius 1 is 1.24 bits per heavy atom. The van der Waals surface area contributed by atoms with Crippen LogP contribution in [0.1, 0.15) is 67.2 Å². The number of fused-ring (bicyclic) bond motifs is 1. The van der Waals surface area contributed by atoms with Gasteiger partial charge in [-0.2, -0.15) is 10.2 Å². The Morgan fingerprint density at radius 3 is 2.66 bits per heavy atom. The average molecular weight is 399 g/mol. The number of anilines is 1. The molecule has 1 aliphatic carbocycles. The summed E-state index contributed by atoms with van der Waals surface area (Å²) in [5.74, 6) is 1.03. The fraction of sp³-hybridized carbons (Fsp3) is 0.667. The number of aryl methyl sites for hydroxylation is 1. The lowest BCUT2D eigenvalue weighted by Crippen LogP contribution is -2.49. The second kappa shape index (κ2) is 6.58. The molecule has 2 atom stereocenters. The number of piperazine rings is 1. The van der Waals surface area contributed by atoms with E-state index in [1.54, 1.807) is 0 Å². The predicted molar refractivity (Wildman–Crippen MR) is 109 cm³/mol. The Morgan fingerprint density at radius 2 is 1.97 bits per heavy atom. The summed E-state index contributed by atoms with van der Waals surface area (Å²) in [4.78, 5) is 17.4. The first-order chi connectivity index (χ1) is 13.9. The van der Waals surface area contributed by atoms with E-state index in [-0.39, 0.29) is 18.1 Å². The Hall–Kier alpha value is -2.35. The lowest BCUT2D eigenvalue weighted by Gasteiger charge is -2.34. The zero-order valence-electron chi connectivity index (χ0n) is 17.7. The van der Waals surface area contributed by atoms with Gasteiger partial charge in [0.05, 0.1) is 17.9 Å². The van der Waals surface area contributed by atoms with E-state index < -0.39 is 0 Å². The van der Waals surface area contributed by atoms with E-state index in [0.29, 0.717) is 24.2 Å². The van der Waals surface area contributed by atoms with Crippen LogP contribution in [-0.2, 0) is 23.6 Å². The molecule has 2 fully saturated rings. The van der Waals surface area contributed by atoms with Crippen molar-refractivity contribution in [3.63, 3.8) is 0 Å². The highest BCUT2D eigenvalue weighted by Crippen LogP contribution is 2.47. The molecule has 29 heavy (non-hydrogen) atoms. The van der Waals surface area contributed by atoms with Crippen molar-refractivity contribution in [3.05, 3.63) is 28.7 Å². The van der Waals surface area contributed by atoms with Crippen molar-refractivity contribution in [1.29, 1.82) is 0 Å². The summed E-state index contributed by atoms with van der Waals surface area (Å²) in [5.41, 5.74) is 4.21. The Bertz CT molecular complexity index is 935. The van der Waals surface area contributed by atoms with Gasteiger partial charge in [-0.25, -0.2) is 0 Å². The largest absolute Gasteiger partial charge is 0.369 e. The molecule has 1 saturated heterocycles. The molecule has 156 valence electrons. The van der Waals surface area contributed by atoms with Gasteiger partial charge in [-0.15, -0.1) is 0 Å². The Kier molecular flexibility index (Phi) is 4.24. The third-order valence-electron chi connectivity index (χ3n) is 6.81. The second-order valence-corrected chi connectivity index (χ2v) is 9.11. The van der Waals surface area contributed by atoms with Crippen LogP contribution in [0.2, 0.25) is 0 Å². The van der Waals surface area contributed by atoms with Gasteiger partial charge >= 0.3 is 0 Å². The van der Waals surface area contributed by atoms with Crippen LogP contribution in [0.3, 0.4) is 0 Å². The number of H-pyrrole nitrogens is 1. The second-order valence-electron chi connectivity index (χ2n) is 9.11. The van der Waals surface area contributed by atoms with Gasteiger partial charge in [0, 0.05) is 62.4 Å². The number of carbonyl (C=O) groups is 1. The predicted octanol–water partition coefficient (Wildman–Crippen LogP) is 2.18. The fourth-order valence-electron chi connectivity index (χ4n) is 4.74. The average Bonchev–Trinajstić information content (AvgIpc) is 3.13. The Labute approximate surface area is 171 Å². The summed E-state index contributed by atoms with van der Waals surface area (Å²) in [6.07, 6.45) is 3.27. The smallest absolute Gasteiger partial charge is 0.274 e. The fourth-order valence-corrected chi connectivity index (χ4v) is 4.74. The highest BCUT2D eigenvalue weighted by Gasteiger charge is 2.41. The number of hydrogen-bond acceptors (Lipinski definition) is 5. The van der Waals surface area contributed by atoms with Gasteiger partial charge in [0.15, 0.2) is 11.5 Å². The van der Waals surface area contributed by atoms with Gasteiger partial charge in [0.2, 0.25) is 0 Å². The van der Waals surface area contributed by atoms with E-state index >= 15 is 0 Å². The number of aromatic nitrogens is 4. The normalized spacial score (nSPS) is 25.8. The lowest BCUT2D eigenvalue weighted by molar-refractivity contribution is -0.00906. The summed E-state index contributed by atoms with van der Waals surface area (Å²) < 4.78 is 7.74. The molecule has 1 amide bonds. The molecule has 0 bridgehead atoms. The molecule has 3 aliphatic rings. The maximum atomic E-state index is 13.3. The van der Waals surface area contributed by atoms with Crippen LogP contribution in [0.25, 0.3) is 0 Å². The number of nitrogens with zero attached hydrogens (tertiary/aromatic N) is 5. The van der Waals surface area contributed by atoms with Crippen molar-refractivity contribution in [1.82, 2.24) is 24.9 Å². The molecule has 0 spiro atoms. The van der Waals surface area contributed by atoms with Crippen molar-refractivity contribution in [2.75, 3.05) is 31.1 Å². The van der Waals surface area contributed by atoms with Crippen LogP contribution < -0.4 is 4.90 Å². The molecular weight excluding hydrogens is 368 g/mol. The standard InChI is InChI=1S/C21H30N6O2/c1-13-11-15-18(24-25(4)19(15)14(2)29-13)20(28)27-9-7-26(8-10-27)17-12-16(22-23-17)21(3)5-6-21/h12-14H,5-11H2,1-4H3,(H,22,23)/t13-,14+/m1/s1. The van der Waals surface area contributed by atoms with Gasteiger partial charge in [0.1, 0.15) is 0 Å². The van der Waals surface area contributed by atoms with Crippen molar-refractivity contribution in [3.8, 4) is 0 Å². The molecule has 8 nitrogen and oxygen atoms in total. The van der Waals surface area contributed by atoms with Crippen molar-refractivity contribution in [2.24, 2.45) is 7.05 Å². The topological polar surface area (TPSA) is 79.3 Å². The highest BCUT2D eigenvalue weighted by molar-refractivity contribution is 5.94. The van der Waals surface area contributed by atoms with Gasteiger partial charge in [-0.3, -0.25) is 14.6 Å². The van der Waals surface area contributed by atoms with E-state index in [9.17, 15) is 4.79 Å². The molecule has 2 aromatic heterocycles. The SMILES string of the molecule is C[C@@H]1Cc2c(C(=O)N3CCN(c4cc(C5(C)CC5)[nH]n4)CC3)nn(C)c2[C@H](C)O1. The molecule has 1 saturated carbocycles. The lowest BCUT2D eigenvalue weighted by atomic mass is 9.99. The summed E-state index contributed by atoms with van der Waals surface area (Å²) in [7, 11) is 1.90. The number of amides is 1. The third kappa shape index (κ3) is 3.13. The number of rotatable bonds is 3. The molecule has 1 N–H and O–H groups in total. The maximum Gasteiger partial charge on any atom is 0.274 e. The minimum atomic E-state index is -0.0353. The van der Waals surface area contributed by atoms with Crippen LogP contribution in [0.15, 0.2) is 6.07 Å². The first kappa shape index (κ1) is 18.7. The first-order valence-electron chi connectivity index (χ1n) is 10.7. The van der Waals surface area contributed by atoms with Gasteiger partial charge < -0.3 is 14.5 Å². The maximum absolute atomic E-state index is 13.3. The van der Waals surface area contributed by atoms with E-state index in [4.69, 9.17) is 4.74 Å². The molecule has 5 rings (SSSR count). The summed E-state index contributed by atoms with van der Waals surface area (Å²) in [6.45, 7) is 9.32. The van der Waals surface area contributed by atoms with E-state index in [1.807, 2.05) is 23.6 Å². The number of aromatic amines is 1. The summed E-state index contributed by atoms with van der Waals surface area (Å²) >= 11 is 0. The molecule has 4 heterocycles. The van der Waals surface area contributed by atoms with E-state index in [1.165, 1.54) is 18.5 Å². The molecule has 8 heteroatoms. The quantitative estimate of drug-likeness (QED) is 0.857. The molecule has 2 aromatic rings. The minimum Gasteiger partial charge on any atom is -0.369 e. The van der Waals surface area contributed by atoms with Crippen LogP contribution in [0.4, 0.5) is 5.82 Å².